The van der Waals surface area contributed by atoms with Crippen LogP contribution in [0.25, 0.3) is 0 Å². The Hall–Kier alpha value is -0.446. The van der Waals surface area contributed by atoms with E-state index in [-0.39, 0.29) is 69.1 Å². The molecule has 1 fully saturated rings. The molecular weight excluding hydrogens is 423 g/mol. The predicted octanol–water partition coefficient (Wildman–Crippen LogP) is -1.22. The molecule has 10 heteroatoms. The summed E-state index contributed by atoms with van der Waals surface area (Å²) < 4.78 is 10.5. The van der Waals surface area contributed by atoms with Crippen LogP contribution in [-0.2, 0) is 51.8 Å². The largest absolute Gasteiger partial charge is 0.390 e. The summed E-state index contributed by atoms with van der Waals surface area (Å²) in [6, 6.07) is -0.137. The number of aliphatic hydroxyl groups is 1. The monoisotopic (exact) mass is 446 g/mol. The Balaban J connectivity index is 0.00000312. The van der Waals surface area contributed by atoms with E-state index in [4.69, 9.17) is 21.7 Å². The normalized spacial score (nSPS) is 28.2. The maximum absolute atomic E-state index is 11.4. The van der Waals surface area contributed by atoms with Gasteiger partial charge < -0.3 is 25.2 Å². The molecule has 0 saturated heterocycles. The Morgan fingerprint density at radius 2 is 2.00 bits per heavy atom. The fourth-order valence-electron chi connectivity index (χ4n) is 3.08. The van der Waals surface area contributed by atoms with E-state index in [2.05, 4.69) is 10.6 Å². The van der Waals surface area contributed by atoms with Crippen molar-refractivity contribution in [2.45, 2.75) is 24.7 Å². The Bertz CT molecular complexity index is 515. The van der Waals surface area contributed by atoms with E-state index in [1.165, 1.54) is 12.2 Å². The van der Waals surface area contributed by atoms with Gasteiger partial charge in [-0.3, -0.25) is 14.5 Å². The second kappa shape index (κ2) is 10.6. The molecule has 137 valence electrons. The van der Waals surface area contributed by atoms with Crippen LogP contribution in [0.4, 0.5) is 0 Å². The molecule has 2 aliphatic rings. The zero-order chi connectivity index (χ0) is 17.7. The number of hydrogen-bond acceptors (Lipinski definition) is 6. The SMILES string of the molecule is COC[C@H]1C[C@H](NC(=S)NCCN2C(=O)C=CC2=O)[C@@H](OC)C1O.[Y]. The van der Waals surface area contributed by atoms with E-state index in [0.29, 0.717) is 24.7 Å². The van der Waals surface area contributed by atoms with Crippen molar-refractivity contribution >= 4 is 29.1 Å². The van der Waals surface area contributed by atoms with Crippen LogP contribution in [0.5, 0.6) is 0 Å². The molecule has 0 aromatic carbocycles. The van der Waals surface area contributed by atoms with Gasteiger partial charge in [-0.15, -0.1) is 0 Å². The summed E-state index contributed by atoms with van der Waals surface area (Å²) in [6.07, 6.45) is 2.16. The zero-order valence-corrected chi connectivity index (χ0v) is 18.0. The smallest absolute Gasteiger partial charge is 0.253 e. The third kappa shape index (κ3) is 5.77. The van der Waals surface area contributed by atoms with Gasteiger partial charge in [0, 0.05) is 78.1 Å². The van der Waals surface area contributed by atoms with Crippen LogP contribution in [-0.4, -0.2) is 79.1 Å². The average Bonchev–Trinajstić information content (AvgIpc) is 3.01. The third-order valence-electron chi connectivity index (χ3n) is 4.26. The van der Waals surface area contributed by atoms with E-state index in [1.54, 1.807) is 14.2 Å². The molecule has 2 amide bonds. The number of carbonyl (C=O) groups is 2. The molecule has 0 bridgehead atoms. The molecule has 1 radical (unpaired) electrons. The maximum Gasteiger partial charge on any atom is 0.253 e. The Labute approximate surface area is 177 Å². The van der Waals surface area contributed by atoms with Crippen molar-refractivity contribution in [3.05, 3.63) is 12.2 Å². The molecule has 2 rings (SSSR count). The Morgan fingerprint density at radius 1 is 1.36 bits per heavy atom. The molecule has 0 aromatic rings. The number of hydrogen-bond donors (Lipinski definition) is 3. The number of nitrogens with one attached hydrogen (secondary N) is 2. The fourth-order valence-corrected chi connectivity index (χ4v) is 3.34. The van der Waals surface area contributed by atoms with E-state index >= 15 is 0 Å². The Kier molecular flexibility index (Phi) is 9.62. The Morgan fingerprint density at radius 3 is 2.56 bits per heavy atom. The number of carbonyl (C=O) groups excluding carboxylic acids is 2. The van der Waals surface area contributed by atoms with Gasteiger partial charge in [-0.2, -0.15) is 0 Å². The zero-order valence-electron chi connectivity index (χ0n) is 14.3. The first-order valence-corrected chi connectivity index (χ1v) is 8.16. The number of methoxy groups -OCH3 is 2. The average molecular weight is 446 g/mol. The van der Waals surface area contributed by atoms with Gasteiger partial charge in [0.1, 0.15) is 6.10 Å². The number of thiocarbonyl (C=S) groups is 1. The van der Waals surface area contributed by atoms with Gasteiger partial charge in [-0.05, 0) is 18.6 Å². The first-order chi connectivity index (χ1) is 11.5. The molecule has 1 unspecified atom stereocenters. The topological polar surface area (TPSA) is 100 Å². The summed E-state index contributed by atoms with van der Waals surface area (Å²) in [5.74, 6) is -0.658. The second-order valence-corrected chi connectivity index (χ2v) is 6.22. The van der Waals surface area contributed by atoms with Crippen LogP contribution >= 0.6 is 12.2 Å². The summed E-state index contributed by atoms with van der Waals surface area (Å²) in [5.41, 5.74) is 0. The van der Waals surface area contributed by atoms with E-state index in [9.17, 15) is 14.7 Å². The number of imide groups is 1. The van der Waals surface area contributed by atoms with Crippen LogP contribution in [0.2, 0.25) is 0 Å². The maximum atomic E-state index is 11.4. The van der Waals surface area contributed by atoms with Gasteiger partial charge in [0.25, 0.3) is 11.8 Å². The number of amides is 2. The number of ether oxygens (including phenoxy) is 2. The number of aliphatic hydroxyl groups excluding tert-OH is 1. The van der Waals surface area contributed by atoms with Crippen molar-refractivity contribution < 1.29 is 56.9 Å². The van der Waals surface area contributed by atoms with Crippen molar-refractivity contribution in [3.8, 4) is 0 Å². The molecule has 1 heterocycles. The summed E-state index contributed by atoms with van der Waals surface area (Å²) >= 11 is 5.24. The molecular formula is C15H23N3O5SY. The molecule has 0 spiro atoms. The molecule has 1 aliphatic carbocycles. The summed E-state index contributed by atoms with van der Waals surface area (Å²) in [7, 11) is 3.14. The minimum Gasteiger partial charge on any atom is -0.390 e. The van der Waals surface area contributed by atoms with Crippen LogP contribution in [0, 0.1) is 5.92 Å². The van der Waals surface area contributed by atoms with Gasteiger partial charge in [-0.1, -0.05) is 0 Å². The fraction of sp³-hybridized carbons (Fsp3) is 0.667. The van der Waals surface area contributed by atoms with E-state index in [1.807, 2.05) is 0 Å². The van der Waals surface area contributed by atoms with Gasteiger partial charge in [0.05, 0.1) is 18.8 Å². The van der Waals surface area contributed by atoms with Crippen LogP contribution in [0.15, 0.2) is 12.2 Å². The van der Waals surface area contributed by atoms with E-state index in [0.717, 1.165) is 4.90 Å². The molecule has 8 nitrogen and oxygen atoms in total. The first-order valence-electron chi connectivity index (χ1n) is 7.75. The molecule has 3 N–H and O–H groups in total. The van der Waals surface area contributed by atoms with Crippen LogP contribution < -0.4 is 10.6 Å². The van der Waals surface area contributed by atoms with Crippen molar-refractivity contribution in [1.29, 1.82) is 0 Å². The number of rotatable bonds is 7. The second-order valence-electron chi connectivity index (χ2n) is 5.81. The van der Waals surface area contributed by atoms with Crippen LogP contribution in [0.1, 0.15) is 6.42 Å². The third-order valence-corrected chi connectivity index (χ3v) is 4.53. The van der Waals surface area contributed by atoms with Gasteiger partial charge in [0.15, 0.2) is 5.11 Å². The summed E-state index contributed by atoms with van der Waals surface area (Å²) in [4.78, 5) is 24.0. The molecule has 1 saturated carbocycles. The van der Waals surface area contributed by atoms with Gasteiger partial charge >= 0.3 is 0 Å². The van der Waals surface area contributed by atoms with Crippen molar-refractivity contribution in [2.24, 2.45) is 5.92 Å². The number of nitrogens with zero attached hydrogens (tertiary/aromatic N) is 1. The summed E-state index contributed by atoms with van der Waals surface area (Å²) in [5, 5.41) is 16.7. The predicted molar refractivity (Wildman–Crippen MR) is 90.2 cm³/mol. The minimum atomic E-state index is -0.624. The molecule has 0 aromatic heterocycles. The molecule has 25 heavy (non-hydrogen) atoms. The molecule has 4 atom stereocenters. The van der Waals surface area contributed by atoms with Crippen molar-refractivity contribution in [1.82, 2.24) is 15.5 Å². The minimum absolute atomic E-state index is 0. The standard InChI is InChI=1S/C15H23N3O5S.Y/c1-22-8-9-7-10(14(23-2)13(9)21)17-15(24)16-5-6-18-11(19)3-4-12(18)20;/h3-4,9-10,13-14,21H,5-8H2,1-2H3,(H2,16,17,24);/t9-,10+,13?,14-;/m1./s1. The summed E-state index contributed by atoms with van der Waals surface area (Å²) in [6.45, 7) is 1.03. The first kappa shape index (κ1) is 22.6. The van der Waals surface area contributed by atoms with Gasteiger partial charge in [0.2, 0.25) is 0 Å². The quantitative estimate of drug-likeness (QED) is 0.331. The van der Waals surface area contributed by atoms with Crippen LogP contribution in [0.3, 0.4) is 0 Å². The van der Waals surface area contributed by atoms with Gasteiger partial charge in [-0.25, -0.2) is 0 Å². The molecule has 1 aliphatic heterocycles. The van der Waals surface area contributed by atoms with E-state index < -0.39 is 6.10 Å². The van der Waals surface area contributed by atoms with Crippen molar-refractivity contribution in [2.75, 3.05) is 33.9 Å². The van der Waals surface area contributed by atoms with Crippen molar-refractivity contribution in [3.63, 3.8) is 0 Å².